The molecule has 2 aliphatic rings. The van der Waals surface area contributed by atoms with E-state index in [-0.39, 0.29) is 23.8 Å². The summed E-state index contributed by atoms with van der Waals surface area (Å²) in [5.74, 6) is 0.626. The first-order chi connectivity index (χ1) is 13.9. The van der Waals surface area contributed by atoms with E-state index in [4.69, 9.17) is 0 Å². The Morgan fingerprint density at radius 3 is 2.48 bits per heavy atom. The SMILES string of the molecule is Cc1c(N[C@@H]2CCCC[C@H]2O)nnc(-c2ccc3c(c2O)CCC3=C(F)F)c1C. The standard InChI is InChI=1S/C22H25F2N3O2/c1-11-12(2)22(25-17-5-3-4-6-18(17)28)27-26-19(11)16-10-7-13-14(20(16)29)8-9-15(13)21(23)24/h7,10,17-18,28-29H,3-6,8-9H2,1-2H3,(H,25,27)/t17-,18-/m1/s1. The predicted molar refractivity (Wildman–Crippen MR) is 108 cm³/mol. The maximum atomic E-state index is 13.1. The highest BCUT2D eigenvalue weighted by atomic mass is 19.3. The fourth-order valence-corrected chi connectivity index (χ4v) is 4.40. The number of benzene rings is 1. The lowest BCUT2D eigenvalue weighted by Crippen LogP contribution is -2.36. The van der Waals surface area contributed by atoms with Gasteiger partial charge in [-0.1, -0.05) is 18.9 Å². The van der Waals surface area contributed by atoms with Crippen LogP contribution in [0.1, 0.15) is 54.4 Å². The van der Waals surface area contributed by atoms with Gasteiger partial charge in [0.2, 0.25) is 0 Å². The zero-order valence-corrected chi connectivity index (χ0v) is 16.6. The molecule has 0 radical (unpaired) electrons. The largest absolute Gasteiger partial charge is 0.507 e. The molecule has 0 unspecified atom stereocenters. The molecule has 1 aromatic heterocycles. The van der Waals surface area contributed by atoms with Crippen LogP contribution in [0.15, 0.2) is 18.2 Å². The molecule has 154 valence electrons. The molecular weight excluding hydrogens is 376 g/mol. The number of anilines is 1. The molecule has 29 heavy (non-hydrogen) atoms. The van der Waals surface area contributed by atoms with Gasteiger partial charge in [0.15, 0.2) is 5.82 Å². The van der Waals surface area contributed by atoms with Crippen LogP contribution < -0.4 is 5.32 Å². The van der Waals surface area contributed by atoms with Crippen LogP contribution in [0.25, 0.3) is 16.8 Å². The Morgan fingerprint density at radius 2 is 1.76 bits per heavy atom. The number of rotatable bonds is 3. The van der Waals surface area contributed by atoms with Crippen molar-refractivity contribution in [1.82, 2.24) is 10.2 Å². The van der Waals surface area contributed by atoms with Crippen LogP contribution in [0.3, 0.4) is 0 Å². The summed E-state index contributed by atoms with van der Waals surface area (Å²) in [6.07, 6.45) is 2.28. The molecule has 2 aliphatic carbocycles. The second kappa shape index (κ2) is 7.71. The topological polar surface area (TPSA) is 78.3 Å². The van der Waals surface area contributed by atoms with E-state index < -0.39 is 12.2 Å². The normalized spacial score (nSPS) is 21.2. The summed E-state index contributed by atoms with van der Waals surface area (Å²) in [7, 11) is 0. The number of aromatic nitrogens is 2. The Morgan fingerprint density at radius 1 is 1.03 bits per heavy atom. The minimum atomic E-state index is -1.69. The number of aliphatic hydroxyl groups excluding tert-OH is 1. The van der Waals surface area contributed by atoms with Crippen LogP contribution in [-0.4, -0.2) is 32.6 Å². The van der Waals surface area contributed by atoms with Crippen molar-refractivity contribution in [2.24, 2.45) is 0 Å². The second-order valence-corrected chi connectivity index (χ2v) is 7.98. The monoisotopic (exact) mass is 401 g/mol. The van der Waals surface area contributed by atoms with Crippen LogP contribution >= 0.6 is 0 Å². The molecule has 5 nitrogen and oxygen atoms in total. The number of allylic oxidation sites excluding steroid dienone is 1. The molecule has 2 aromatic rings. The Hall–Kier alpha value is -2.54. The van der Waals surface area contributed by atoms with Crippen molar-refractivity contribution in [2.75, 3.05) is 5.32 Å². The van der Waals surface area contributed by atoms with E-state index >= 15 is 0 Å². The average Bonchev–Trinajstić information content (AvgIpc) is 3.13. The van der Waals surface area contributed by atoms with Crippen LogP contribution in [0.2, 0.25) is 0 Å². The smallest absolute Gasteiger partial charge is 0.274 e. The van der Waals surface area contributed by atoms with Crippen molar-refractivity contribution in [2.45, 2.75) is 64.5 Å². The summed E-state index contributed by atoms with van der Waals surface area (Å²) in [5.41, 5.74) is 3.75. The number of aliphatic hydroxyl groups is 1. The van der Waals surface area contributed by atoms with Crippen LogP contribution in [0, 0.1) is 13.8 Å². The number of nitrogens with zero attached hydrogens (tertiary/aromatic N) is 2. The molecule has 0 spiro atoms. The third kappa shape index (κ3) is 3.48. The molecule has 2 atom stereocenters. The summed E-state index contributed by atoms with van der Waals surface area (Å²) in [6.45, 7) is 3.83. The van der Waals surface area contributed by atoms with E-state index in [1.165, 1.54) is 0 Å². The zero-order valence-electron chi connectivity index (χ0n) is 16.6. The Bertz CT molecular complexity index is 987. The number of phenols is 1. The Labute approximate surface area is 168 Å². The molecule has 3 N–H and O–H groups in total. The van der Waals surface area contributed by atoms with Crippen molar-refractivity contribution in [3.8, 4) is 17.0 Å². The molecule has 1 fully saturated rings. The number of phenolic OH excluding ortho intramolecular Hbond substituents is 1. The molecule has 1 aromatic carbocycles. The maximum Gasteiger partial charge on any atom is 0.274 e. The van der Waals surface area contributed by atoms with Crippen molar-refractivity contribution in [3.63, 3.8) is 0 Å². The predicted octanol–water partition coefficient (Wildman–Crippen LogP) is 4.74. The highest BCUT2D eigenvalue weighted by Gasteiger charge is 2.27. The van der Waals surface area contributed by atoms with Gasteiger partial charge in [-0.05, 0) is 62.3 Å². The molecule has 7 heteroatoms. The summed E-state index contributed by atoms with van der Waals surface area (Å²) >= 11 is 0. The summed E-state index contributed by atoms with van der Waals surface area (Å²) in [4.78, 5) is 0. The van der Waals surface area contributed by atoms with Gasteiger partial charge in [-0.25, -0.2) is 0 Å². The summed E-state index contributed by atoms with van der Waals surface area (Å²) in [6, 6.07) is 3.22. The van der Waals surface area contributed by atoms with E-state index in [0.717, 1.165) is 36.8 Å². The van der Waals surface area contributed by atoms with Crippen LogP contribution in [0.4, 0.5) is 14.6 Å². The number of aromatic hydroxyl groups is 1. The van der Waals surface area contributed by atoms with Gasteiger partial charge in [-0.3, -0.25) is 0 Å². The van der Waals surface area contributed by atoms with Gasteiger partial charge in [-0.15, -0.1) is 10.2 Å². The zero-order chi connectivity index (χ0) is 20.7. The van der Waals surface area contributed by atoms with E-state index in [2.05, 4.69) is 15.5 Å². The molecule has 1 saturated carbocycles. The van der Waals surface area contributed by atoms with Gasteiger partial charge in [0, 0.05) is 16.7 Å². The maximum absolute atomic E-state index is 13.1. The Balaban J connectivity index is 1.68. The average molecular weight is 401 g/mol. The first kappa shape index (κ1) is 19.8. The van der Waals surface area contributed by atoms with Crippen molar-refractivity contribution < 1.29 is 19.0 Å². The lowest BCUT2D eigenvalue weighted by atomic mass is 9.92. The van der Waals surface area contributed by atoms with E-state index in [1.807, 2.05) is 13.8 Å². The molecule has 0 amide bonds. The van der Waals surface area contributed by atoms with E-state index in [1.54, 1.807) is 12.1 Å². The third-order valence-electron chi connectivity index (χ3n) is 6.29. The van der Waals surface area contributed by atoms with Gasteiger partial charge in [0.25, 0.3) is 6.08 Å². The number of fused-ring (bicyclic) bond motifs is 1. The van der Waals surface area contributed by atoms with E-state index in [9.17, 15) is 19.0 Å². The third-order valence-corrected chi connectivity index (χ3v) is 6.29. The molecular formula is C22H25F2N3O2. The van der Waals surface area contributed by atoms with E-state index in [0.29, 0.717) is 34.6 Å². The van der Waals surface area contributed by atoms with Gasteiger partial charge in [0.1, 0.15) is 5.75 Å². The minimum absolute atomic E-state index is 0.000961. The fourth-order valence-electron chi connectivity index (χ4n) is 4.40. The quantitative estimate of drug-likeness (QED) is 0.693. The van der Waals surface area contributed by atoms with Gasteiger partial charge in [-0.2, -0.15) is 8.78 Å². The second-order valence-electron chi connectivity index (χ2n) is 7.98. The molecule has 0 bridgehead atoms. The van der Waals surface area contributed by atoms with Crippen molar-refractivity contribution >= 4 is 11.4 Å². The lowest BCUT2D eigenvalue weighted by molar-refractivity contribution is 0.116. The summed E-state index contributed by atoms with van der Waals surface area (Å²) in [5, 5.41) is 32.9. The molecule has 0 aliphatic heterocycles. The lowest BCUT2D eigenvalue weighted by Gasteiger charge is -2.29. The highest BCUT2D eigenvalue weighted by molar-refractivity contribution is 5.82. The minimum Gasteiger partial charge on any atom is -0.507 e. The number of halogens is 2. The van der Waals surface area contributed by atoms with Crippen LogP contribution in [0.5, 0.6) is 5.75 Å². The van der Waals surface area contributed by atoms with Crippen LogP contribution in [-0.2, 0) is 6.42 Å². The molecule has 4 rings (SSSR count). The number of hydrogen-bond donors (Lipinski definition) is 3. The fraction of sp³-hybridized carbons (Fsp3) is 0.455. The van der Waals surface area contributed by atoms with Gasteiger partial charge in [0.05, 0.1) is 17.8 Å². The number of hydrogen-bond acceptors (Lipinski definition) is 5. The summed E-state index contributed by atoms with van der Waals surface area (Å²) < 4.78 is 26.2. The first-order valence-corrected chi connectivity index (χ1v) is 10.1. The van der Waals surface area contributed by atoms with Gasteiger partial charge < -0.3 is 15.5 Å². The number of nitrogens with one attached hydrogen (secondary N) is 1. The van der Waals surface area contributed by atoms with Gasteiger partial charge >= 0.3 is 0 Å². The van der Waals surface area contributed by atoms with Crippen molar-refractivity contribution in [1.29, 1.82) is 0 Å². The molecule has 0 saturated heterocycles. The Kier molecular flexibility index (Phi) is 5.25. The first-order valence-electron chi connectivity index (χ1n) is 10.1. The highest BCUT2D eigenvalue weighted by Crippen LogP contribution is 2.44. The molecule has 1 heterocycles. The van der Waals surface area contributed by atoms with Crippen molar-refractivity contribution in [3.05, 3.63) is 40.5 Å².